The van der Waals surface area contributed by atoms with Crippen LogP contribution in [-0.2, 0) is 6.42 Å². The molecule has 4 aromatic rings. The molecular weight excluding hydrogens is 444 g/mol. The molecule has 0 aliphatic heterocycles. The minimum atomic E-state index is -0.783. The number of benzene rings is 3. The number of nitrogens with zero attached hydrogens (tertiary/aromatic N) is 1. The summed E-state index contributed by atoms with van der Waals surface area (Å²) in [6, 6.07) is 21.2. The molecule has 0 spiro atoms. The van der Waals surface area contributed by atoms with Crippen LogP contribution in [0.5, 0.6) is 5.75 Å². The number of carbonyl (C=O) groups excluding carboxylic acids is 2. The zero-order chi connectivity index (χ0) is 24.6. The van der Waals surface area contributed by atoms with Gasteiger partial charge in [-0.15, -0.1) is 0 Å². The molecule has 0 radical (unpaired) electrons. The number of ketones is 1. The molecule has 0 unspecified atom stereocenters. The van der Waals surface area contributed by atoms with Gasteiger partial charge in [0.25, 0.3) is 0 Å². The number of fused-ring (bicyclic) bond motifs is 1. The van der Waals surface area contributed by atoms with E-state index in [1.807, 2.05) is 18.2 Å². The van der Waals surface area contributed by atoms with Crippen LogP contribution >= 0.6 is 0 Å². The molecule has 3 aromatic carbocycles. The first-order valence-corrected chi connectivity index (χ1v) is 11.7. The van der Waals surface area contributed by atoms with Gasteiger partial charge in [-0.2, -0.15) is 4.57 Å². The summed E-state index contributed by atoms with van der Waals surface area (Å²) in [5.74, 6) is -0.367. The molecule has 1 heterocycles. The van der Waals surface area contributed by atoms with Crippen molar-refractivity contribution in [1.82, 2.24) is 9.88 Å². The van der Waals surface area contributed by atoms with Crippen molar-refractivity contribution in [3.63, 3.8) is 0 Å². The van der Waals surface area contributed by atoms with Gasteiger partial charge in [0.05, 0.1) is 7.11 Å². The molecule has 0 saturated carbocycles. The third kappa shape index (κ3) is 5.87. The van der Waals surface area contributed by atoms with Crippen LogP contribution in [0.3, 0.4) is 0 Å². The highest BCUT2D eigenvalue weighted by molar-refractivity contribution is 6.10. The van der Waals surface area contributed by atoms with Crippen molar-refractivity contribution in [2.24, 2.45) is 0 Å². The average molecular weight is 473 g/mol. The lowest BCUT2D eigenvalue weighted by Crippen LogP contribution is -2.34. The predicted molar refractivity (Wildman–Crippen MR) is 134 cm³/mol. The standard InChI is InChI=1S/C28H28N2O5/c1-34-23-15-12-21(13-16-23)26(31)22-14-17-25-24(19-22)30(28(33)35-25)27(32)29-18-8-3-2-5-9-20-10-6-4-7-11-20/h4,6-7,10-17,19H,2-3,5,8-9,18H2,1H3,(H,29,32). The molecule has 0 atom stereocenters. The molecule has 7 nitrogen and oxygen atoms in total. The highest BCUT2D eigenvalue weighted by atomic mass is 16.5. The number of nitrogens with one attached hydrogen (secondary N) is 1. The topological polar surface area (TPSA) is 90.5 Å². The Morgan fingerprint density at radius 1 is 0.886 bits per heavy atom. The second kappa shape index (κ2) is 11.3. The molecule has 1 amide bonds. The average Bonchev–Trinajstić information content (AvgIpc) is 3.23. The number of aryl methyl sites for hydroxylation is 1. The molecule has 0 aliphatic rings. The van der Waals surface area contributed by atoms with Crippen LogP contribution in [0.4, 0.5) is 4.79 Å². The Morgan fingerprint density at radius 3 is 2.34 bits per heavy atom. The Kier molecular flexibility index (Phi) is 7.77. The van der Waals surface area contributed by atoms with Crippen molar-refractivity contribution >= 4 is 22.9 Å². The number of hydrogen-bond donors (Lipinski definition) is 1. The maximum atomic E-state index is 12.9. The van der Waals surface area contributed by atoms with Crippen LogP contribution in [0.1, 0.15) is 47.2 Å². The number of hydrogen-bond acceptors (Lipinski definition) is 5. The van der Waals surface area contributed by atoms with E-state index >= 15 is 0 Å². The number of rotatable bonds is 10. The van der Waals surface area contributed by atoms with E-state index in [1.165, 1.54) is 17.7 Å². The normalized spacial score (nSPS) is 10.9. The highest BCUT2D eigenvalue weighted by Crippen LogP contribution is 2.19. The van der Waals surface area contributed by atoms with Gasteiger partial charge in [0.15, 0.2) is 11.4 Å². The monoisotopic (exact) mass is 472 g/mol. The second-order valence-electron chi connectivity index (χ2n) is 8.33. The van der Waals surface area contributed by atoms with Gasteiger partial charge >= 0.3 is 11.8 Å². The lowest BCUT2D eigenvalue weighted by Gasteiger charge is -2.07. The first kappa shape index (κ1) is 24.0. The Balaban J connectivity index is 1.35. The Labute approximate surface area is 203 Å². The van der Waals surface area contributed by atoms with Crippen LogP contribution in [0.15, 0.2) is 82.0 Å². The summed E-state index contributed by atoms with van der Waals surface area (Å²) in [7, 11) is 1.56. The van der Waals surface area contributed by atoms with Crippen molar-refractivity contribution in [2.45, 2.75) is 32.1 Å². The lowest BCUT2D eigenvalue weighted by molar-refractivity contribution is 0.103. The zero-order valence-corrected chi connectivity index (χ0v) is 19.7. The van der Waals surface area contributed by atoms with Crippen LogP contribution in [0, 0.1) is 0 Å². The second-order valence-corrected chi connectivity index (χ2v) is 8.33. The molecule has 35 heavy (non-hydrogen) atoms. The van der Waals surface area contributed by atoms with Crippen LogP contribution in [0.2, 0.25) is 0 Å². The van der Waals surface area contributed by atoms with Gasteiger partial charge in [-0.25, -0.2) is 9.59 Å². The van der Waals surface area contributed by atoms with Crippen LogP contribution in [0.25, 0.3) is 11.1 Å². The van der Waals surface area contributed by atoms with Crippen molar-refractivity contribution in [1.29, 1.82) is 0 Å². The molecule has 0 fully saturated rings. The van der Waals surface area contributed by atoms with E-state index in [1.54, 1.807) is 37.4 Å². The number of ether oxygens (including phenoxy) is 1. The fourth-order valence-corrected chi connectivity index (χ4v) is 3.99. The van der Waals surface area contributed by atoms with Gasteiger partial charge in [0.2, 0.25) is 0 Å². The van der Waals surface area contributed by atoms with E-state index in [0.717, 1.165) is 36.7 Å². The summed E-state index contributed by atoms with van der Waals surface area (Å²) in [5.41, 5.74) is 2.66. The maximum absolute atomic E-state index is 12.9. The molecule has 7 heteroatoms. The molecule has 0 saturated heterocycles. The molecule has 0 bridgehead atoms. The number of carbonyl (C=O) groups is 2. The summed E-state index contributed by atoms with van der Waals surface area (Å²) in [6.07, 6.45) is 4.99. The smallest absolute Gasteiger partial charge is 0.428 e. The fourth-order valence-electron chi connectivity index (χ4n) is 3.99. The third-order valence-electron chi connectivity index (χ3n) is 5.91. The Morgan fingerprint density at radius 2 is 1.60 bits per heavy atom. The van der Waals surface area contributed by atoms with E-state index in [9.17, 15) is 14.4 Å². The lowest BCUT2D eigenvalue weighted by atomic mass is 10.0. The zero-order valence-electron chi connectivity index (χ0n) is 19.7. The highest BCUT2D eigenvalue weighted by Gasteiger charge is 2.18. The molecule has 1 N–H and O–H groups in total. The van der Waals surface area contributed by atoms with Gasteiger partial charge in [-0.3, -0.25) is 4.79 Å². The van der Waals surface area contributed by atoms with Gasteiger partial charge < -0.3 is 14.5 Å². The van der Waals surface area contributed by atoms with Gasteiger partial charge in [-0.1, -0.05) is 43.2 Å². The quantitative estimate of drug-likeness (QED) is 0.253. The van der Waals surface area contributed by atoms with E-state index < -0.39 is 11.8 Å². The summed E-state index contributed by atoms with van der Waals surface area (Å²) >= 11 is 0. The molecule has 1 aromatic heterocycles. The first-order chi connectivity index (χ1) is 17.1. The summed E-state index contributed by atoms with van der Waals surface area (Å²) in [4.78, 5) is 38.0. The molecule has 180 valence electrons. The predicted octanol–water partition coefficient (Wildman–Crippen LogP) is 5.19. The van der Waals surface area contributed by atoms with Crippen molar-refractivity contribution in [2.75, 3.05) is 13.7 Å². The largest absolute Gasteiger partial charge is 0.497 e. The minimum absolute atomic E-state index is 0.231. The maximum Gasteiger partial charge on any atom is 0.428 e. The van der Waals surface area contributed by atoms with E-state index in [2.05, 4.69) is 17.4 Å². The fraction of sp³-hybridized carbons (Fsp3) is 0.250. The number of aromatic nitrogens is 1. The summed E-state index contributed by atoms with van der Waals surface area (Å²) in [6.45, 7) is 0.452. The van der Waals surface area contributed by atoms with Crippen molar-refractivity contribution in [3.05, 3.63) is 100 Å². The summed E-state index contributed by atoms with van der Waals surface area (Å²) in [5, 5.41) is 2.78. The molecule has 0 aliphatic carbocycles. The Bertz CT molecular complexity index is 1350. The SMILES string of the molecule is COc1ccc(C(=O)c2ccc3oc(=O)n(C(=O)NCCCCCCc4ccccc4)c3c2)cc1. The summed E-state index contributed by atoms with van der Waals surface area (Å²) < 4.78 is 11.3. The third-order valence-corrected chi connectivity index (χ3v) is 5.91. The van der Waals surface area contributed by atoms with Crippen LogP contribution in [-0.4, -0.2) is 30.0 Å². The number of unbranched alkanes of at least 4 members (excludes halogenated alkanes) is 3. The number of amides is 1. The van der Waals surface area contributed by atoms with E-state index in [4.69, 9.17) is 9.15 Å². The van der Waals surface area contributed by atoms with Gasteiger partial charge in [-0.05, 0) is 67.3 Å². The van der Waals surface area contributed by atoms with Crippen LogP contribution < -0.4 is 15.8 Å². The van der Waals surface area contributed by atoms with E-state index in [-0.39, 0.29) is 16.9 Å². The van der Waals surface area contributed by atoms with Crippen molar-refractivity contribution < 1.29 is 18.7 Å². The minimum Gasteiger partial charge on any atom is -0.497 e. The first-order valence-electron chi connectivity index (χ1n) is 11.7. The number of methoxy groups -OCH3 is 1. The number of oxazole rings is 1. The molecule has 4 rings (SSSR count). The Hall–Kier alpha value is -4.13. The van der Waals surface area contributed by atoms with E-state index in [0.29, 0.717) is 23.4 Å². The van der Waals surface area contributed by atoms with Crippen molar-refractivity contribution in [3.8, 4) is 5.75 Å². The molecular formula is C28H28N2O5. The van der Waals surface area contributed by atoms with Gasteiger partial charge in [0, 0.05) is 17.7 Å². The van der Waals surface area contributed by atoms with Gasteiger partial charge in [0.1, 0.15) is 11.3 Å².